The normalized spacial score (nSPS) is 18.9. The van der Waals surface area contributed by atoms with Gasteiger partial charge in [-0.25, -0.2) is 4.79 Å². The van der Waals surface area contributed by atoms with E-state index in [4.69, 9.17) is 4.74 Å². The molecule has 3 amide bonds. The number of carbonyl (C=O) groups excluding carboxylic acids is 2. The van der Waals surface area contributed by atoms with Gasteiger partial charge in [0.25, 0.3) is 5.91 Å². The fourth-order valence-electron chi connectivity index (χ4n) is 4.71. The molecule has 0 bridgehead atoms. The van der Waals surface area contributed by atoms with Crippen LogP contribution in [0.25, 0.3) is 0 Å². The van der Waals surface area contributed by atoms with E-state index in [1.807, 2.05) is 73.7 Å². The highest BCUT2D eigenvalue weighted by Gasteiger charge is 2.59. The monoisotopic (exact) mass is 473 g/mol. The van der Waals surface area contributed by atoms with Gasteiger partial charge >= 0.3 is 6.03 Å². The number of hydrogen-bond donors (Lipinski definition) is 1. The third-order valence-electron chi connectivity index (χ3n) is 6.36. The lowest BCUT2D eigenvalue weighted by Crippen LogP contribution is -2.53. The van der Waals surface area contributed by atoms with Crippen LogP contribution in [0.4, 0.5) is 10.5 Å². The third kappa shape index (κ3) is 3.80. The molecule has 2 aliphatic rings. The van der Waals surface area contributed by atoms with Gasteiger partial charge in [-0.3, -0.25) is 9.69 Å². The van der Waals surface area contributed by atoms with Crippen molar-refractivity contribution in [3.63, 3.8) is 0 Å². The van der Waals surface area contributed by atoms with Gasteiger partial charge in [0, 0.05) is 24.4 Å². The van der Waals surface area contributed by atoms with Crippen molar-refractivity contribution >= 4 is 29.4 Å². The van der Waals surface area contributed by atoms with Gasteiger partial charge in [0.15, 0.2) is 4.87 Å². The number of amides is 3. The number of fused-ring (bicyclic) bond motifs is 2. The zero-order valence-electron chi connectivity index (χ0n) is 19.3. The predicted molar refractivity (Wildman–Crippen MR) is 135 cm³/mol. The second-order valence-corrected chi connectivity index (χ2v) is 9.84. The molecule has 1 N–H and O–H groups in total. The molecule has 0 saturated carbocycles. The molecule has 174 valence electrons. The summed E-state index contributed by atoms with van der Waals surface area (Å²) in [7, 11) is 1.63. The average Bonchev–Trinajstić information content (AvgIpc) is 3.40. The van der Waals surface area contributed by atoms with Crippen LogP contribution in [0, 0.1) is 6.92 Å². The topological polar surface area (TPSA) is 61.9 Å². The average molecular weight is 474 g/mol. The van der Waals surface area contributed by atoms with Gasteiger partial charge in [0.2, 0.25) is 0 Å². The number of benzene rings is 3. The van der Waals surface area contributed by atoms with Crippen LogP contribution in [0.1, 0.15) is 22.3 Å². The van der Waals surface area contributed by atoms with E-state index in [9.17, 15) is 9.59 Å². The molecule has 1 fully saturated rings. The summed E-state index contributed by atoms with van der Waals surface area (Å²) in [5.41, 5.74) is 4.79. The second kappa shape index (κ2) is 9.06. The molecule has 0 unspecified atom stereocenters. The lowest BCUT2D eigenvalue weighted by molar-refractivity contribution is -0.123. The van der Waals surface area contributed by atoms with Crippen molar-refractivity contribution in [1.82, 2.24) is 10.2 Å². The highest BCUT2D eigenvalue weighted by atomic mass is 32.2. The molecule has 1 spiro atoms. The summed E-state index contributed by atoms with van der Waals surface area (Å²) in [6.45, 7) is 3.35. The minimum Gasteiger partial charge on any atom is -0.497 e. The van der Waals surface area contributed by atoms with Gasteiger partial charge < -0.3 is 15.0 Å². The number of ether oxygens (including phenoxy) is 1. The van der Waals surface area contributed by atoms with Crippen molar-refractivity contribution in [2.24, 2.45) is 0 Å². The van der Waals surface area contributed by atoms with Crippen LogP contribution in [0.5, 0.6) is 5.75 Å². The van der Waals surface area contributed by atoms with Gasteiger partial charge in [-0.2, -0.15) is 0 Å². The first-order valence-corrected chi connectivity index (χ1v) is 12.3. The highest BCUT2D eigenvalue weighted by molar-refractivity contribution is 8.01. The van der Waals surface area contributed by atoms with Crippen LogP contribution in [-0.4, -0.2) is 36.2 Å². The fourth-order valence-corrected chi connectivity index (χ4v) is 6.16. The summed E-state index contributed by atoms with van der Waals surface area (Å²) < 4.78 is 5.37. The van der Waals surface area contributed by atoms with Crippen LogP contribution < -0.4 is 15.0 Å². The Hall–Kier alpha value is -3.45. The molecule has 0 radical (unpaired) electrons. The summed E-state index contributed by atoms with van der Waals surface area (Å²) in [5.74, 6) is 1.37. The molecule has 3 aromatic carbocycles. The number of rotatable bonds is 5. The molecule has 1 saturated heterocycles. The van der Waals surface area contributed by atoms with E-state index < -0.39 is 4.87 Å². The molecule has 5 rings (SSSR count). The number of urea groups is 1. The molecule has 34 heavy (non-hydrogen) atoms. The number of thioether (sulfide) groups is 1. The molecular weight excluding hydrogens is 446 g/mol. The van der Waals surface area contributed by atoms with Gasteiger partial charge in [0.05, 0.1) is 19.3 Å². The number of aryl methyl sites for hydroxylation is 1. The Morgan fingerprint density at radius 3 is 2.65 bits per heavy atom. The van der Waals surface area contributed by atoms with Gasteiger partial charge in [-0.1, -0.05) is 60.2 Å². The third-order valence-corrected chi connectivity index (χ3v) is 7.77. The molecule has 3 aromatic rings. The zero-order chi connectivity index (χ0) is 23.7. The van der Waals surface area contributed by atoms with E-state index in [1.54, 1.807) is 28.7 Å². The van der Waals surface area contributed by atoms with E-state index >= 15 is 0 Å². The Morgan fingerprint density at radius 1 is 1.06 bits per heavy atom. The van der Waals surface area contributed by atoms with E-state index in [2.05, 4.69) is 11.4 Å². The zero-order valence-corrected chi connectivity index (χ0v) is 20.1. The minimum atomic E-state index is -1.05. The maximum atomic E-state index is 14.1. The Morgan fingerprint density at radius 2 is 1.85 bits per heavy atom. The molecule has 1 atom stereocenters. The van der Waals surface area contributed by atoms with Gasteiger partial charge in [-0.05, 0) is 36.2 Å². The molecule has 7 heteroatoms. The maximum absolute atomic E-state index is 14.1. The van der Waals surface area contributed by atoms with E-state index in [-0.39, 0.29) is 11.9 Å². The van der Waals surface area contributed by atoms with Crippen LogP contribution in [0.15, 0.2) is 72.8 Å². The van der Waals surface area contributed by atoms with Crippen molar-refractivity contribution in [3.8, 4) is 5.75 Å². The van der Waals surface area contributed by atoms with Crippen molar-refractivity contribution in [3.05, 3.63) is 95.1 Å². The first-order valence-electron chi connectivity index (χ1n) is 11.3. The van der Waals surface area contributed by atoms with E-state index in [0.29, 0.717) is 25.4 Å². The minimum absolute atomic E-state index is 0.0757. The van der Waals surface area contributed by atoms with Crippen LogP contribution >= 0.6 is 11.8 Å². The Labute approximate surface area is 203 Å². The lowest BCUT2D eigenvalue weighted by atomic mass is 10.0. The molecule has 0 aromatic heterocycles. The summed E-state index contributed by atoms with van der Waals surface area (Å²) in [6.07, 6.45) is 0. The molecule has 2 aliphatic heterocycles. The van der Waals surface area contributed by atoms with E-state index in [1.165, 1.54) is 0 Å². The standard InChI is InChI=1S/C27H27N3O3S/c1-19-11-12-24-23(15-19)27(25(31)29(24)18-21-9-6-10-22(16-21)33-2)30(13-14-34-27)26(32)28-17-20-7-4-3-5-8-20/h3-12,15-16H,13-14,17-18H2,1-2H3,(H,28,32)/t27-/m1/s1. The van der Waals surface area contributed by atoms with Crippen molar-refractivity contribution in [1.29, 1.82) is 0 Å². The summed E-state index contributed by atoms with van der Waals surface area (Å²) in [4.78, 5) is 29.9. The van der Waals surface area contributed by atoms with Crippen molar-refractivity contribution in [2.45, 2.75) is 24.9 Å². The first-order chi connectivity index (χ1) is 16.5. The number of methoxy groups -OCH3 is 1. The first kappa shape index (κ1) is 22.3. The number of nitrogens with zero attached hydrogens (tertiary/aromatic N) is 2. The summed E-state index contributed by atoms with van der Waals surface area (Å²) in [5, 5.41) is 3.02. The van der Waals surface area contributed by atoms with Crippen molar-refractivity contribution < 1.29 is 14.3 Å². The number of nitrogens with one attached hydrogen (secondary N) is 1. The SMILES string of the molecule is COc1cccc(CN2C(=O)[C@]3(SCCN3C(=O)NCc3ccccc3)c3cc(C)ccc32)c1. The van der Waals surface area contributed by atoms with Gasteiger partial charge in [-0.15, -0.1) is 11.8 Å². The van der Waals surface area contributed by atoms with Crippen LogP contribution in [-0.2, 0) is 22.8 Å². The fraction of sp³-hybridized carbons (Fsp3) is 0.259. The lowest BCUT2D eigenvalue weighted by Gasteiger charge is -2.33. The summed E-state index contributed by atoms with van der Waals surface area (Å²) >= 11 is 1.54. The summed E-state index contributed by atoms with van der Waals surface area (Å²) in [6, 6.07) is 23.4. The Kier molecular flexibility index (Phi) is 5.96. The van der Waals surface area contributed by atoms with E-state index in [0.717, 1.165) is 33.7 Å². The second-order valence-electron chi connectivity index (χ2n) is 8.55. The van der Waals surface area contributed by atoms with Crippen molar-refractivity contribution in [2.75, 3.05) is 24.3 Å². The van der Waals surface area contributed by atoms with Crippen LogP contribution in [0.3, 0.4) is 0 Å². The predicted octanol–water partition coefficient (Wildman–Crippen LogP) is 4.66. The van der Waals surface area contributed by atoms with Crippen LogP contribution in [0.2, 0.25) is 0 Å². The molecule has 6 nitrogen and oxygen atoms in total. The molecular formula is C27H27N3O3S. The molecule has 0 aliphatic carbocycles. The Balaban J connectivity index is 1.48. The number of hydrogen-bond acceptors (Lipinski definition) is 4. The number of carbonyl (C=O) groups is 2. The van der Waals surface area contributed by atoms with Gasteiger partial charge in [0.1, 0.15) is 5.75 Å². The quantitative estimate of drug-likeness (QED) is 0.585. The smallest absolute Gasteiger partial charge is 0.319 e. The Bertz CT molecular complexity index is 1230. The molecule has 2 heterocycles. The highest BCUT2D eigenvalue weighted by Crippen LogP contribution is 2.54. The maximum Gasteiger partial charge on any atom is 0.319 e. The largest absolute Gasteiger partial charge is 0.497 e. The number of anilines is 1.